The smallest absolute Gasteiger partial charge is 0.0642 e. The summed E-state index contributed by atoms with van der Waals surface area (Å²) in [7, 11) is 1.82. The lowest BCUT2D eigenvalue weighted by molar-refractivity contribution is 1.01. The molecule has 80 valence electrons. The summed E-state index contributed by atoms with van der Waals surface area (Å²) in [6, 6.07) is 4.24. The standard InChI is InChI=1S/C13H9Br2N/c1-16-12-4-2-8(14)6-10(12)11-7-9(15)3-5-13(11)16/h2-7H,1H3/i2D,3D,6D,7D. The summed E-state index contributed by atoms with van der Waals surface area (Å²) in [5, 5.41) is 1.27. The molecule has 1 nitrogen and oxygen atoms in total. The number of aryl methyl sites for hydroxylation is 1. The van der Waals surface area contributed by atoms with Crippen LogP contribution in [0.25, 0.3) is 21.8 Å². The van der Waals surface area contributed by atoms with Crippen molar-refractivity contribution in [2.75, 3.05) is 0 Å². The van der Waals surface area contributed by atoms with E-state index in [1.165, 1.54) is 0 Å². The molecule has 3 heteroatoms. The Labute approximate surface area is 116 Å². The molecule has 0 saturated carbocycles. The Balaban J connectivity index is 2.71. The molecular formula is C13H9Br2N. The van der Waals surface area contributed by atoms with Gasteiger partial charge in [0.1, 0.15) is 0 Å². The Morgan fingerprint density at radius 1 is 1.00 bits per heavy atom. The number of fused-ring (bicyclic) bond motifs is 3. The van der Waals surface area contributed by atoms with Crippen LogP contribution in [-0.2, 0) is 7.05 Å². The lowest BCUT2D eigenvalue weighted by Crippen LogP contribution is -1.85. The van der Waals surface area contributed by atoms with Gasteiger partial charge in [-0.15, -0.1) is 0 Å². The third-order valence-corrected chi connectivity index (χ3v) is 3.48. The van der Waals surface area contributed by atoms with Crippen LogP contribution >= 0.6 is 31.9 Å². The summed E-state index contributed by atoms with van der Waals surface area (Å²) in [6.07, 6.45) is 0. The minimum Gasteiger partial charge on any atom is -0.344 e. The van der Waals surface area contributed by atoms with Gasteiger partial charge in [-0.2, -0.15) is 0 Å². The fourth-order valence-electron chi connectivity index (χ4n) is 1.87. The first-order valence-corrected chi connectivity index (χ1v) is 6.26. The zero-order valence-corrected chi connectivity index (χ0v) is 11.5. The van der Waals surface area contributed by atoms with Crippen LogP contribution in [0.1, 0.15) is 5.48 Å². The molecule has 0 spiro atoms. The van der Waals surface area contributed by atoms with Gasteiger partial charge in [0.2, 0.25) is 0 Å². The molecule has 3 rings (SSSR count). The minimum atomic E-state index is 0.205. The number of rotatable bonds is 0. The summed E-state index contributed by atoms with van der Waals surface area (Å²) in [5.74, 6) is 0. The van der Waals surface area contributed by atoms with Crippen molar-refractivity contribution in [3.05, 3.63) is 45.2 Å². The van der Waals surface area contributed by atoms with E-state index < -0.39 is 0 Å². The normalized spacial score (nSPS) is 14.9. The van der Waals surface area contributed by atoms with Crippen molar-refractivity contribution in [3.8, 4) is 0 Å². The number of hydrogen-bond donors (Lipinski definition) is 0. The Morgan fingerprint density at radius 3 is 1.88 bits per heavy atom. The van der Waals surface area contributed by atoms with Gasteiger partial charge in [-0.05, 0) is 36.3 Å². The van der Waals surface area contributed by atoms with Gasteiger partial charge in [0.15, 0.2) is 0 Å². The molecule has 0 N–H and O–H groups in total. The average molecular weight is 343 g/mol. The molecule has 16 heavy (non-hydrogen) atoms. The fourth-order valence-corrected chi connectivity index (χ4v) is 2.49. The van der Waals surface area contributed by atoms with Crippen LogP contribution in [0.2, 0.25) is 0 Å². The van der Waals surface area contributed by atoms with E-state index in [0.717, 1.165) is 11.0 Å². The van der Waals surface area contributed by atoms with Gasteiger partial charge in [-0.25, -0.2) is 0 Å². The van der Waals surface area contributed by atoms with E-state index in [2.05, 4.69) is 31.9 Å². The van der Waals surface area contributed by atoms with Crippen molar-refractivity contribution < 1.29 is 5.48 Å². The lowest BCUT2D eigenvalue weighted by atomic mass is 10.2. The monoisotopic (exact) mass is 341 g/mol. The fraction of sp³-hybridized carbons (Fsp3) is 0.0769. The molecule has 3 aromatic rings. The van der Waals surface area contributed by atoms with Crippen molar-refractivity contribution in [1.82, 2.24) is 4.57 Å². The van der Waals surface area contributed by atoms with E-state index in [-0.39, 0.29) is 24.2 Å². The van der Waals surface area contributed by atoms with Crippen LogP contribution in [0.3, 0.4) is 0 Å². The number of aromatic nitrogens is 1. The highest BCUT2D eigenvalue weighted by Gasteiger charge is 2.08. The summed E-state index contributed by atoms with van der Waals surface area (Å²) < 4.78 is 34.9. The molecule has 0 saturated heterocycles. The van der Waals surface area contributed by atoms with E-state index in [1.807, 2.05) is 11.6 Å². The molecular weight excluding hydrogens is 330 g/mol. The zero-order chi connectivity index (χ0) is 14.8. The van der Waals surface area contributed by atoms with E-state index in [4.69, 9.17) is 5.48 Å². The molecule has 0 amide bonds. The van der Waals surface area contributed by atoms with Gasteiger partial charge < -0.3 is 4.57 Å². The highest BCUT2D eigenvalue weighted by atomic mass is 79.9. The number of hydrogen-bond acceptors (Lipinski definition) is 0. The Kier molecular flexibility index (Phi) is 1.54. The molecule has 1 aromatic heterocycles. The van der Waals surface area contributed by atoms with Gasteiger partial charge in [0.05, 0.1) is 5.48 Å². The van der Waals surface area contributed by atoms with Gasteiger partial charge in [0, 0.05) is 37.8 Å². The zero-order valence-electron chi connectivity index (χ0n) is 12.4. The number of benzene rings is 2. The average Bonchev–Trinajstić information content (AvgIpc) is 2.68. The van der Waals surface area contributed by atoms with Crippen molar-refractivity contribution >= 4 is 53.7 Å². The molecule has 0 aliphatic carbocycles. The predicted molar refractivity (Wildman–Crippen MR) is 75.8 cm³/mol. The lowest BCUT2D eigenvalue weighted by Gasteiger charge is -1.97. The maximum atomic E-state index is 8.22. The van der Waals surface area contributed by atoms with Crippen LogP contribution in [0.5, 0.6) is 0 Å². The third kappa shape index (κ3) is 1.42. The van der Waals surface area contributed by atoms with Gasteiger partial charge in [-0.1, -0.05) is 31.9 Å². The molecule has 0 unspecified atom stereocenters. The molecule has 0 bridgehead atoms. The van der Waals surface area contributed by atoms with Gasteiger partial charge >= 0.3 is 0 Å². The molecule has 0 fully saturated rings. The van der Waals surface area contributed by atoms with Gasteiger partial charge in [0.25, 0.3) is 0 Å². The largest absolute Gasteiger partial charge is 0.344 e. The summed E-state index contributed by atoms with van der Waals surface area (Å²) >= 11 is 6.52. The highest BCUT2D eigenvalue weighted by molar-refractivity contribution is 9.10. The first kappa shape index (κ1) is 6.82. The van der Waals surface area contributed by atoms with Crippen LogP contribution in [0.15, 0.2) is 45.2 Å². The van der Waals surface area contributed by atoms with Crippen molar-refractivity contribution in [2.45, 2.75) is 0 Å². The maximum Gasteiger partial charge on any atom is 0.0642 e. The van der Waals surface area contributed by atoms with E-state index in [9.17, 15) is 0 Å². The van der Waals surface area contributed by atoms with Crippen LogP contribution < -0.4 is 0 Å². The second-order valence-corrected chi connectivity index (χ2v) is 5.12. The summed E-state index contributed by atoms with van der Waals surface area (Å²) in [6.45, 7) is 0. The van der Waals surface area contributed by atoms with Crippen LogP contribution in [0, 0.1) is 0 Å². The Hall–Kier alpha value is -0.800. The van der Waals surface area contributed by atoms with Crippen molar-refractivity contribution in [2.24, 2.45) is 7.05 Å². The molecule has 0 atom stereocenters. The molecule has 2 aromatic carbocycles. The molecule has 0 aliphatic heterocycles. The number of nitrogens with zero attached hydrogens (tertiary/aromatic N) is 1. The van der Waals surface area contributed by atoms with Gasteiger partial charge in [-0.3, -0.25) is 0 Å². The Morgan fingerprint density at radius 2 is 1.44 bits per heavy atom. The van der Waals surface area contributed by atoms with Crippen LogP contribution in [0.4, 0.5) is 0 Å². The quantitative estimate of drug-likeness (QED) is 0.550. The van der Waals surface area contributed by atoms with Crippen molar-refractivity contribution in [1.29, 1.82) is 0 Å². The molecule has 0 aliphatic rings. The maximum absolute atomic E-state index is 8.22. The summed E-state index contributed by atoms with van der Waals surface area (Å²) in [4.78, 5) is 0. The van der Waals surface area contributed by atoms with Crippen molar-refractivity contribution in [3.63, 3.8) is 0 Å². The molecule has 1 heterocycles. The second-order valence-electron chi connectivity index (χ2n) is 3.53. The van der Waals surface area contributed by atoms with E-state index in [1.54, 1.807) is 12.1 Å². The molecule has 0 radical (unpaired) electrons. The van der Waals surface area contributed by atoms with Crippen LogP contribution in [-0.4, -0.2) is 4.57 Å². The first-order chi connectivity index (χ1) is 9.34. The van der Waals surface area contributed by atoms with E-state index >= 15 is 0 Å². The highest BCUT2D eigenvalue weighted by Crippen LogP contribution is 2.31. The topological polar surface area (TPSA) is 4.93 Å². The summed E-state index contributed by atoms with van der Waals surface area (Å²) in [5.41, 5.74) is 1.45. The minimum absolute atomic E-state index is 0.205. The number of halogens is 2. The Bertz CT molecular complexity index is 815. The SMILES string of the molecule is [2H]c1cc2c(c([2H])c1Br)c1c([2H])c(Br)c([2H])cc1n2C. The first-order valence-electron chi connectivity index (χ1n) is 6.68. The van der Waals surface area contributed by atoms with E-state index in [0.29, 0.717) is 19.7 Å². The predicted octanol–water partition coefficient (Wildman–Crippen LogP) is 4.86. The third-order valence-electron chi connectivity index (χ3n) is 2.63. The second kappa shape index (κ2) is 3.60.